The number of aromatic nitrogens is 1. The highest BCUT2D eigenvalue weighted by atomic mass is 79.9. The molecule has 0 radical (unpaired) electrons. The number of carbonyl (C=O) groups is 1. The Hall–Kier alpha value is -2.44. The van der Waals surface area contributed by atoms with E-state index >= 15 is 0 Å². The van der Waals surface area contributed by atoms with Crippen LogP contribution in [0, 0.1) is 0 Å². The van der Waals surface area contributed by atoms with Gasteiger partial charge in [0, 0.05) is 28.1 Å². The Morgan fingerprint density at radius 2 is 1.96 bits per heavy atom. The van der Waals surface area contributed by atoms with Gasteiger partial charge in [0.05, 0.1) is 5.56 Å². The van der Waals surface area contributed by atoms with Crippen molar-refractivity contribution in [2.75, 3.05) is 5.32 Å². The highest BCUT2D eigenvalue weighted by Gasteiger charge is 2.08. The molecule has 0 fully saturated rings. The fraction of sp³-hybridized carbons (Fsp3) is 0.0588. The van der Waals surface area contributed by atoms with Crippen LogP contribution >= 0.6 is 15.9 Å². The first-order valence-corrected chi connectivity index (χ1v) is 7.67. The number of aliphatic hydroxyl groups excluding tert-OH is 1. The average molecular weight is 373 g/mol. The van der Waals surface area contributed by atoms with Gasteiger partial charge in [0.1, 0.15) is 18.1 Å². The molecule has 0 atom stereocenters. The van der Waals surface area contributed by atoms with E-state index in [1.165, 1.54) is 6.20 Å². The van der Waals surface area contributed by atoms with E-state index in [0.29, 0.717) is 22.8 Å². The van der Waals surface area contributed by atoms with Crippen molar-refractivity contribution in [2.45, 2.75) is 6.61 Å². The van der Waals surface area contributed by atoms with E-state index in [1.807, 2.05) is 12.1 Å². The fourth-order valence-electron chi connectivity index (χ4n) is 2.08. The summed E-state index contributed by atoms with van der Waals surface area (Å²) in [6.07, 6.45) is 3.13. The van der Waals surface area contributed by atoms with Gasteiger partial charge in [-0.05, 0) is 58.4 Å². The maximum absolute atomic E-state index is 12.1. The molecule has 0 aliphatic heterocycles. The number of hydrogen-bond acceptors (Lipinski definition) is 4. The van der Waals surface area contributed by atoms with Crippen LogP contribution in [0.5, 0.6) is 0 Å². The minimum atomic E-state index is -0.230. The van der Waals surface area contributed by atoms with Gasteiger partial charge in [0.15, 0.2) is 0 Å². The van der Waals surface area contributed by atoms with E-state index < -0.39 is 0 Å². The monoisotopic (exact) mass is 372 g/mol. The molecule has 2 aromatic heterocycles. The number of pyridine rings is 1. The van der Waals surface area contributed by atoms with Crippen LogP contribution in [-0.4, -0.2) is 16.0 Å². The molecule has 0 saturated heterocycles. The van der Waals surface area contributed by atoms with Crippen LogP contribution in [0.25, 0.3) is 11.3 Å². The molecule has 0 bridgehead atoms. The number of carbonyl (C=O) groups excluding carboxylic acids is 1. The molecule has 0 saturated carbocycles. The minimum absolute atomic E-state index is 0.130. The molecular formula is C17H13BrN2O3. The molecule has 0 unspecified atom stereocenters. The van der Waals surface area contributed by atoms with Gasteiger partial charge in [-0.15, -0.1) is 0 Å². The van der Waals surface area contributed by atoms with E-state index in [9.17, 15) is 4.79 Å². The number of nitrogens with one attached hydrogen (secondary N) is 1. The summed E-state index contributed by atoms with van der Waals surface area (Å²) in [4.78, 5) is 16.1. The molecule has 1 aromatic carbocycles. The van der Waals surface area contributed by atoms with Gasteiger partial charge in [-0.2, -0.15) is 0 Å². The number of amides is 1. The number of rotatable bonds is 4. The summed E-state index contributed by atoms with van der Waals surface area (Å²) >= 11 is 3.29. The topological polar surface area (TPSA) is 75.4 Å². The van der Waals surface area contributed by atoms with Crippen LogP contribution in [0.3, 0.4) is 0 Å². The lowest BCUT2D eigenvalue weighted by Crippen LogP contribution is -2.12. The molecule has 0 aliphatic carbocycles. The zero-order valence-electron chi connectivity index (χ0n) is 12.0. The number of benzene rings is 1. The SMILES string of the molecule is O=C(Nc1ccc(-c2ccc(CO)o2)cc1)c1cncc(Br)c1. The molecular weight excluding hydrogens is 360 g/mol. The van der Waals surface area contributed by atoms with Crippen LogP contribution in [0.4, 0.5) is 5.69 Å². The van der Waals surface area contributed by atoms with Crippen molar-refractivity contribution in [2.24, 2.45) is 0 Å². The number of nitrogens with zero attached hydrogens (tertiary/aromatic N) is 1. The third-order valence-corrected chi connectivity index (χ3v) is 3.65. The average Bonchev–Trinajstić information content (AvgIpc) is 3.04. The highest BCUT2D eigenvalue weighted by molar-refractivity contribution is 9.10. The van der Waals surface area contributed by atoms with E-state index in [0.717, 1.165) is 10.0 Å². The van der Waals surface area contributed by atoms with Crippen molar-refractivity contribution in [3.8, 4) is 11.3 Å². The first kappa shape index (κ1) is 15.5. The number of hydrogen-bond donors (Lipinski definition) is 2. The maximum Gasteiger partial charge on any atom is 0.257 e. The largest absolute Gasteiger partial charge is 0.459 e. The van der Waals surface area contributed by atoms with Crippen LogP contribution in [0.1, 0.15) is 16.1 Å². The minimum Gasteiger partial charge on any atom is -0.459 e. The van der Waals surface area contributed by atoms with Crippen molar-refractivity contribution >= 4 is 27.5 Å². The second kappa shape index (κ2) is 6.76. The fourth-order valence-corrected chi connectivity index (χ4v) is 2.44. The van der Waals surface area contributed by atoms with Crippen molar-refractivity contribution < 1.29 is 14.3 Å². The Bertz CT molecular complexity index is 828. The molecule has 3 rings (SSSR count). The number of furan rings is 1. The third-order valence-electron chi connectivity index (χ3n) is 3.21. The highest BCUT2D eigenvalue weighted by Crippen LogP contribution is 2.24. The van der Waals surface area contributed by atoms with Gasteiger partial charge >= 0.3 is 0 Å². The van der Waals surface area contributed by atoms with Crippen LogP contribution in [0.15, 0.2) is 63.7 Å². The van der Waals surface area contributed by atoms with Crippen molar-refractivity contribution in [3.05, 3.63) is 70.7 Å². The quantitative estimate of drug-likeness (QED) is 0.729. The molecule has 0 spiro atoms. The predicted octanol–water partition coefficient (Wildman–Crippen LogP) is 3.85. The Morgan fingerprint density at radius 1 is 1.17 bits per heavy atom. The van der Waals surface area contributed by atoms with Gasteiger partial charge in [-0.1, -0.05) is 0 Å². The molecule has 6 heteroatoms. The number of anilines is 1. The first-order valence-electron chi connectivity index (χ1n) is 6.87. The second-order valence-electron chi connectivity index (χ2n) is 4.85. The Balaban J connectivity index is 1.73. The van der Waals surface area contributed by atoms with Gasteiger partial charge in [-0.25, -0.2) is 0 Å². The summed E-state index contributed by atoms with van der Waals surface area (Å²) in [6, 6.07) is 12.5. The lowest BCUT2D eigenvalue weighted by atomic mass is 10.1. The molecule has 0 aliphatic rings. The molecule has 2 N–H and O–H groups in total. The van der Waals surface area contributed by atoms with Crippen molar-refractivity contribution in [1.29, 1.82) is 0 Å². The zero-order valence-corrected chi connectivity index (χ0v) is 13.6. The third kappa shape index (κ3) is 3.67. The summed E-state index contributed by atoms with van der Waals surface area (Å²) in [5.74, 6) is 0.953. The summed E-state index contributed by atoms with van der Waals surface area (Å²) in [6.45, 7) is -0.130. The Labute approximate surface area is 141 Å². The molecule has 116 valence electrons. The summed E-state index contributed by atoms with van der Waals surface area (Å²) < 4.78 is 6.22. The second-order valence-corrected chi connectivity index (χ2v) is 5.76. The van der Waals surface area contributed by atoms with E-state index in [-0.39, 0.29) is 12.5 Å². The Kier molecular flexibility index (Phi) is 4.55. The lowest BCUT2D eigenvalue weighted by molar-refractivity contribution is 0.102. The number of halogens is 1. The summed E-state index contributed by atoms with van der Waals surface area (Å²) in [7, 11) is 0. The van der Waals surface area contributed by atoms with Gasteiger partial charge in [0.25, 0.3) is 5.91 Å². The van der Waals surface area contributed by atoms with E-state index in [1.54, 1.807) is 36.5 Å². The summed E-state index contributed by atoms with van der Waals surface area (Å²) in [5.41, 5.74) is 2.02. The van der Waals surface area contributed by atoms with Crippen molar-refractivity contribution in [1.82, 2.24) is 4.98 Å². The maximum atomic E-state index is 12.1. The zero-order chi connectivity index (χ0) is 16.2. The molecule has 2 heterocycles. The van der Waals surface area contributed by atoms with Crippen LogP contribution in [-0.2, 0) is 6.61 Å². The van der Waals surface area contributed by atoms with Gasteiger partial charge in [0.2, 0.25) is 0 Å². The lowest BCUT2D eigenvalue weighted by Gasteiger charge is -2.06. The van der Waals surface area contributed by atoms with Gasteiger partial charge < -0.3 is 14.8 Å². The number of aliphatic hydroxyl groups is 1. The summed E-state index contributed by atoms with van der Waals surface area (Å²) in [5, 5.41) is 11.8. The molecule has 23 heavy (non-hydrogen) atoms. The van der Waals surface area contributed by atoms with Crippen molar-refractivity contribution in [3.63, 3.8) is 0 Å². The molecule has 3 aromatic rings. The van der Waals surface area contributed by atoms with Gasteiger partial charge in [-0.3, -0.25) is 9.78 Å². The predicted molar refractivity (Wildman–Crippen MR) is 90.0 cm³/mol. The smallest absolute Gasteiger partial charge is 0.257 e. The van der Waals surface area contributed by atoms with E-state index in [2.05, 4.69) is 26.2 Å². The van der Waals surface area contributed by atoms with Crippen LogP contribution in [0.2, 0.25) is 0 Å². The first-order chi connectivity index (χ1) is 11.2. The standard InChI is InChI=1S/C17H13BrN2O3/c18-13-7-12(8-19-9-13)17(22)20-14-3-1-11(2-4-14)16-6-5-15(10-21)23-16/h1-9,21H,10H2,(H,20,22). The molecule has 5 nitrogen and oxygen atoms in total. The van der Waals surface area contributed by atoms with E-state index in [4.69, 9.17) is 9.52 Å². The normalized spacial score (nSPS) is 10.5. The Morgan fingerprint density at radius 3 is 2.61 bits per heavy atom. The van der Waals surface area contributed by atoms with Crippen LogP contribution < -0.4 is 5.32 Å². The molecule has 1 amide bonds.